The number of aromatic nitrogens is 3. The van der Waals surface area contributed by atoms with E-state index in [2.05, 4.69) is 31.8 Å². The maximum absolute atomic E-state index is 12.3. The lowest BCUT2D eigenvalue weighted by atomic mass is 10.2. The van der Waals surface area contributed by atoms with Gasteiger partial charge in [0.05, 0.1) is 19.2 Å². The van der Waals surface area contributed by atoms with Crippen LogP contribution in [0.25, 0.3) is 21.8 Å². The molecule has 184 valence electrons. The number of nitrogens with one attached hydrogen (secondary N) is 2. The second-order valence-electron chi connectivity index (χ2n) is 9.02. The minimum Gasteiger partial charge on any atom is -0.493 e. The van der Waals surface area contributed by atoms with Crippen LogP contribution in [0.1, 0.15) is 12.1 Å². The number of benzene rings is 2. The van der Waals surface area contributed by atoms with Crippen molar-refractivity contribution in [1.29, 1.82) is 0 Å². The van der Waals surface area contributed by atoms with Gasteiger partial charge in [-0.05, 0) is 56.8 Å². The third kappa shape index (κ3) is 5.11. The Kier molecular flexibility index (Phi) is 6.61. The number of aromatic amines is 2. The summed E-state index contributed by atoms with van der Waals surface area (Å²) in [7, 11) is 3.75. The summed E-state index contributed by atoms with van der Waals surface area (Å²) < 4.78 is 18.0. The molecule has 0 atom stereocenters. The van der Waals surface area contributed by atoms with Gasteiger partial charge in [-0.1, -0.05) is 0 Å². The van der Waals surface area contributed by atoms with Crippen molar-refractivity contribution in [1.82, 2.24) is 24.8 Å². The van der Waals surface area contributed by atoms with E-state index in [-0.39, 0.29) is 5.88 Å². The molecule has 0 aliphatic carbocycles. The van der Waals surface area contributed by atoms with Crippen molar-refractivity contribution in [2.75, 3.05) is 53.5 Å². The van der Waals surface area contributed by atoms with Gasteiger partial charge in [0.25, 0.3) is 0 Å². The van der Waals surface area contributed by atoms with Gasteiger partial charge in [-0.15, -0.1) is 0 Å². The average Bonchev–Trinajstić information content (AvgIpc) is 3.22. The van der Waals surface area contributed by atoms with E-state index in [1.54, 1.807) is 19.2 Å². The monoisotopic (exact) mass is 477 g/mol. The van der Waals surface area contributed by atoms with Crippen LogP contribution in [0.4, 0.5) is 0 Å². The number of hydrogen-bond donors (Lipinski definition) is 2. The average molecular weight is 478 g/mol. The van der Waals surface area contributed by atoms with Crippen LogP contribution in [0.2, 0.25) is 0 Å². The molecule has 1 saturated heterocycles. The standard InChI is InChI=1S/C26H31N5O4/c1-17-15-18-16-19(5-6-20(18)27-17)35-25-23-21(28-26(32)29-25)7-8-22(33-3)24(23)34-14-4-9-31-12-10-30(2)11-13-31/h5-8,15-16,27H,4,9-14H2,1-3H3,(H,28,29,32). The molecule has 2 aromatic heterocycles. The van der Waals surface area contributed by atoms with Gasteiger partial charge >= 0.3 is 5.69 Å². The lowest BCUT2D eigenvalue weighted by Crippen LogP contribution is -2.44. The summed E-state index contributed by atoms with van der Waals surface area (Å²) in [6, 6.07) is 11.3. The van der Waals surface area contributed by atoms with E-state index in [1.807, 2.05) is 31.2 Å². The van der Waals surface area contributed by atoms with Crippen molar-refractivity contribution in [3.63, 3.8) is 0 Å². The maximum Gasteiger partial charge on any atom is 0.348 e. The minimum absolute atomic E-state index is 0.184. The fourth-order valence-electron chi connectivity index (χ4n) is 4.51. The van der Waals surface area contributed by atoms with Gasteiger partial charge in [-0.25, -0.2) is 4.79 Å². The molecule has 9 nitrogen and oxygen atoms in total. The summed E-state index contributed by atoms with van der Waals surface area (Å²) in [4.78, 5) is 27.3. The van der Waals surface area contributed by atoms with Crippen molar-refractivity contribution < 1.29 is 14.2 Å². The second kappa shape index (κ2) is 9.97. The number of hydrogen-bond acceptors (Lipinski definition) is 7. The van der Waals surface area contributed by atoms with E-state index < -0.39 is 5.69 Å². The van der Waals surface area contributed by atoms with Crippen molar-refractivity contribution >= 4 is 21.8 Å². The SMILES string of the molecule is COc1ccc2[nH]c(=O)nc(Oc3ccc4[nH]c(C)cc4c3)c2c1OCCCN1CCN(C)CC1. The molecule has 1 aliphatic rings. The van der Waals surface area contributed by atoms with E-state index in [9.17, 15) is 4.79 Å². The highest BCUT2D eigenvalue weighted by atomic mass is 16.5. The van der Waals surface area contributed by atoms with Crippen molar-refractivity contribution in [2.24, 2.45) is 0 Å². The number of aryl methyl sites for hydroxylation is 1. The van der Waals surface area contributed by atoms with Crippen molar-refractivity contribution in [3.8, 4) is 23.1 Å². The van der Waals surface area contributed by atoms with Crippen LogP contribution >= 0.6 is 0 Å². The number of piperazine rings is 1. The lowest BCUT2D eigenvalue weighted by Gasteiger charge is -2.32. The normalized spacial score (nSPS) is 15.1. The molecular formula is C26H31N5O4. The van der Waals surface area contributed by atoms with Gasteiger partial charge < -0.3 is 34.0 Å². The van der Waals surface area contributed by atoms with E-state index in [1.165, 1.54) is 0 Å². The predicted octanol–water partition coefficient (Wildman–Crippen LogP) is 3.53. The van der Waals surface area contributed by atoms with E-state index in [4.69, 9.17) is 14.2 Å². The van der Waals surface area contributed by atoms with Gasteiger partial charge in [0.2, 0.25) is 5.88 Å². The first-order chi connectivity index (χ1) is 17.0. The number of rotatable bonds is 8. The molecular weight excluding hydrogens is 446 g/mol. The lowest BCUT2D eigenvalue weighted by molar-refractivity contribution is 0.145. The largest absolute Gasteiger partial charge is 0.493 e. The smallest absolute Gasteiger partial charge is 0.348 e. The topological polar surface area (TPSA) is 95.7 Å². The van der Waals surface area contributed by atoms with Crippen molar-refractivity contribution in [3.05, 3.63) is 52.6 Å². The molecule has 5 rings (SSSR count). The van der Waals surface area contributed by atoms with Gasteiger partial charge in [0.15, 0.2) is 11.5 Å². The zero-order valence-corrected chi connectivity index (χ0v) is 20.4. The predicted molar refractivity (Wildman–Crippen MR) is 136 cm³/mol. The summed E-state index contributed by atoms with van der Waals surface area (Å²) in [6.07, 6.45) is 0.875. The molecule has 0 spiro atoms. The van der Waals surface area contributed by atoms with Crippen molar-refractivity contribution in [2.45, 2.75) is 13.3 Å². The molecule has 1 aliphatic heterocycles. The first-order valence-electron chi connectivity index (χ1n) is 11.9. The highest BCUT2D eigenvalue weighted by Gasteiger charge is 2.19. The molecule has 2 aromatic carbocycles. The number of H-pyrrole nitrogens is 2. The Hall–Kier alpha value is -3.56. The summed E-state index contributed by atoms with van der Waals surface area (Å²) in [5, 5.41) is 1.60. The van der Waals surface area contributed by atoms with Crippen LogP contribution in [0.3, 0.4) is 0 Å². The van der Waals surface area contributed by atoms with Crippen LogP contribution in [-0.4, -0.2) is 78.2 Å². The Morgan fingerprint density at radius 3 is 2.63 bits per heavy atom. The highest BCUT2D eigenvalue weighted by molar-refractivity contribution is 5.92. The number of fused-ring (bicyclic) bond motifs is 2. The fourth-order valence-corrected chi connectivity index (χ4v) is 4.51. The van der Waals surface area contributed by atoms with Gasteiger partial charge in [0, 0.05) is 49.3 Å². The number of nitrogens with zero attached hydrogens (tertiary/aromatic N) is 3. The van der Waals surface area contributed by atoms with Crippen LogP contribution < -0.4 is 19.9 Å². The second-order valence-corrected chi connectivity index (χ2v) is 9.02. The van der Waals surface area contributed by atoms with Crippen LogP contribution in [-0.2, 0) is 0 Å². The number of likely N-dealkylation sites (N-methyl/N-ethyl adjacent to an activating group) is 1. The summed E-state index contributed by atoms with van der Waals surface area (Å²) in [5.41, 5.74) is 2.17. The molecule has 0 amide bonds. The molecule has 1 fully saturated rings. The Bertz CT molecular complexity index is 1390. The number of ether oxygens (including phenoxy) is 3. The van der Waals surface area contributed by atoms with E-state index in [0.29, 0.717) is 34.8 Å². The van der Waals surface area contributed by atoms with E-state index >= 15 is 0 Å². The quantitative estimate of drug-likeness (QED) is 0.375. The number of methoxy groups -OCH3 is 1. The molecule has 0 saturated carbocycles. The Labute approximate surface area is 203 Å². The molecule has 9 heteroatoms. The first kappa shape index (κ1) is 23.2. The third-order valence-corrected chi connectivity index (χ3v) is 6.40. The van der Waals surface area contributed by atoms with Crippen LogP contribution in [0.5, 0.6) is 23.1 Å². The molecule has 3 heterocycles. The molecule has 4 aromatic rings. The summed E-state index contributed by atoms with van der Waals surface area (Å²) in [5.74, 6) is 1.84. The van der Waals surface area contributed by atoms with Gasteiger partial charge in [-0.2, -0.15) is 4.98 Å². The molecule has 35 heavy (non-hydrogen) atoms. The molecule has 0 radical (unpaired) electrons. The summed E-state index contributed by atoms with van der Waals surface area (Å²) >= 11 is 0. The Morgan fingerprint density at radius 1 is 1.03 bits per heavy atom. The Balaban J connectivity index is 1.41. The Morgan fingerprint density at radius 2 is 1.83 bits per heavy atom. The third-order valence-electron chi connectivity index (χ3n) is 6.40. The molecule has 0 bridgehead atoms. The van der Waals surface area contributed by atoms with Crippen LogP contribution in [0, 0.1) is 6.92 Å². The highest BCUT2D eigenvalue weighted by Crippen LogP contribution is 2.40. The zero-order valence-electron chi connectivity index (χ0n) is 20.4. The first-order valence-corrected chi connectivity index (χ1v) is 11.9. The van der Waals surface area contributed by atoms with Crippen LogP contribution in [0.15, 0.2) is 41.2 Å². The molecule has 2 N–H and O–H groups in total. The minimum atomic E-state index is -0.489. The summed E-state index contributed by atoms with van der Waals surface area (Å²) in [6.45, 7) is 7.80. The van der Waals surface area contributed by atoms with Gasteiger partial charge in [-0.3, -0.25) is 0 Å². The maximum atomic E-state index is 12.3. The van der Waals surface area contributed by atoms with E-state index in [0.717, 1.165) is 55.7 Å². The molecule has 0 unspecified atom stereocenters. The fraction of sp³-hybridized carbons (Fsp3) is 0.385. The van der Waals surface area contributed by atoms with Gasteiger partial charge in [0.1, 0.15) is 11.1 Å². The zero-order chi connectivity index (χ0) is 24.4.